The van der Waals surface area contributed by atoms with Gasteiger partial charge in [0.2, 0.25) is 0 Å². The summed E-state index contributed by atoms with van der Waals surface area (Å²) in [5, 5.41) is 11.9. The number of aliphatic hydroxyl groups is 1. The Hall–Kier alpha value is -0.160. The van der Waals surface area contributed by atoms with Crippen molar-refractivity contribution in [2.24, 2.45) is 0 Å². The van der Waals surface area contributed by atoms with Crippen LogP contribution >= 0.6 is 0 Å². The second kappa shape index (κ2) is 5.66. The van der Waals surface area contributed by atoms with Gasteiger partial charge in [-0.15, -0.1) is 0 Å². The summed E-state index contributed by atoms with van der Waals surface area (Å²) < 4.78 is 11.2. The van der Waals surface area contributed by atoms with Crippen LogP contribution in [0, 0.1) is 0 Å². The van der Waals surface area contributed by atoms with Crippen LogP contribution < -0.4 is 5.32 Å². The molecule has 0 bridgehead atoms. The lowest BCUT2D eigenvalue weighted by atomic mass is 10.1. The Balaban J connectivity index is 2.12. The molecule has 1 heterocycles. The lowest BCUT2D eigenvalue weighted by Crippen LogP contribution is -2.51. The summed E-state index contributed by atoms with van der Waals surface area (Å²) in [7, 11) is 0. The molecule has 1 rings (SSSR count). The average molecular weight is 203 g/mol. The monoisotopic (exact) mass is 203 g/mol. The molecule has 14 heavy (non-hydrogen) atoms. The zero-order chi connectivity index (χ0) is 10.4. The van der Waals surface area contributed by atoms with Crippen LogP contribution in [0.25, 0.3) is 0 Å². The fourth-order valence-corrected chi connectivity index (χ4v) is 1.54. The van der Waals surface area contributed by atoms with E-state index in [2.05, 4.69) is 19.2 Å². The molecule has 0 aliphatic carbocycles. The lowest BCUT2D eigenvalue weighted by Gasteiger charge is -2.36. The second-order valence-corrected chi connectivity index (χ2v) is 4.28. The van der Waals surface area contributed by atoms with Gasteiger partial charge in [-0.1, -0.05) is 0 Å². The van der Waals surface area contributed by atoms with Crippen LogP contribution in [0.2, 0.25) is 0 Å². The fourth-order valence-electron chi connectivity index (χ4n) is 1.54. The topological polar surface area (TPSA) is 50.7 Å². The number of hydrogen-bond donors (Lipinski definition) is 2. The van der Waals surface area contributed by atoms with E-state index in [1.165, 1.54) is 0 Å². The highest BCUT2D eigenvalue weighted by Crippen LogP contribution is 2.15. The highest BCUT2D eigenvalue weighted by atomic mass is 16.5. The normalized spacial score (nSPS) is 26.4. The molecule has 0 amide bonds. The van der Waals surface area contributed by atoms with Gasteiger partial charge in [-0.05, 0) is 20.3 Å². The van der Waals surface area contributed by atoms with E-state index in [9.17, 15) is 0 Å². The largest absolute Gasteiger partial charge is 0.396 e. The molecule has 1 saturated heterocycles. The molecule has 1 aliphatic rings. The van der Waals surface area contributed by atoms with Gasteiger partial charge in [0.05, 0.1) is 18.3 Å². The van der Waals surface area contributed by atoms with Gasteiger partial charge in [0.25, 0.3) is 0 Å². The van der Waals surface area contributed by atoms with Gasteiger partial charge in [0.1, 0.15) is 0 Å². The van der Waals surface area contributed by atoms with Crippen LogP contribution in [0.5, 0.6) is 0 Å². The third-order valence-corrected chi connectivity index (χ3v) is 2.16. The van der Waals surface area contributed by atoms with Gasteiger partial charge < -0.3 is 19.9 Å². The molecule has 1 atom stereocenters. The molecule has 4 heteroatoms. The summed E-state index contributed by atoms with van der Waals surface area (Å²) in [6, 6.07) is 0. The van der Waals surface area contributed by atoms with Gasteiger partial charge in [-0.3, -0.25) is 0 Å². The van der Waals surface area contributed by atoms with Crippen LogP contribution in [0.15, 0.2) is 0 Å². The molecule has 0 aromatic rings. The van der Waals surface area contributed by atoms with E-state index in [1.54, 1.807) is 0 Å². The van der Waals surface area contributed by atoms with E-state index in [-0.39, 0.29) is 18.3 Å². The minimum absolute atomic E-state index is 0.0940. The molecular weight excluding hydrogens is 182 g/mol. The number of hydrogen-bond acceptors (Lipinski definition) is 4. The summed E-state index contributed by atoms with van der Waals surface area (Å²) in [5.74, 6) is 0. The molecular formula is C10H21NO3. The van der Waals surface area contributed by atoms with Crippen molar-refractivity contribution in [3.63, 3.8) is 0 Å². The van der Waals surface area contributed by atoms with Crippen molar-refractivity contribution in [3.05, 3.63) is 0 Å². The summed E-state index contributed by atoms with van der Waals surface area (Å²) >= 11 is 0. The number of nitrogens with one attached hydrogen (secondary N) is 1. The molecule has 4 nitrogen and oxygen atoms in total. The van der Waals surface area contributed by atoms with Crippen LogP contribution in [0.4, 0.5) is 0 Å². The Kier molecular flexibility index (Phi) is 4.81. The minimum Gasteiger partial charge on any atom is -0.396 e. The summed E-state index contributed by atoms with van der Waals surface area (Å²) in [5.41, 5.74) is -0.0940. The van der Waals surface area contributed by atoms with Crippen molar-refractivity contribution in [3.8, 4) is 0 Å². The molecule has 1 aliphatic heterocycles. The van der Waals surface area contributed by atoms with Gasteiger partial charge in [0, 0.05) is 26.3 Å². The van der Waals surface area contributed by atoms with E-state index >= 15 is 0 Å². The summed E-state index contributed by atoms with van der Waals surface area (Å²) in [4.78, 5) is 0. The number of ether oxygens (including phenoxy) is 2. The lowest BCUT2D eigenvalue weighted by molar-refractivity contribution is -0.120. The first-order chi connectivity index (χ1) is 6.64. The van der Waals surface area contributed by atoms with Crippen molar-refractivity contribution in [1.82, 2.24) is 5.32 Å². The van der Waals surface area contributed by atoms with E-state index in [0.29, 0.717) is 19.6 Å². The van der Waals surface area contributed by atoms with Crippen LogP contribution in [0.3, 0.4) is 0 Å². The standard InChI is InChI=1S/C10H21NO3/c1-10(2)8-11-6-9(14-10)7-13-5-3-4-12/h9,11-12H,3-8H2,1-2H3. The third kappa shape index (κ3) is 4.37. The smallest absolute Gasteiger partial charge is 0.0940 e. The molecule has 1 unspecified atom stereocenters. The predicted molar refractivity (Wildman–Crippen MR) is 54.3 cm³/mol. The van der Waals surface area contributed by atoms with Crippen LogP contribution in [-0.4, -0.2) is 49.7 Å². The van der Waals surface area contributed by atoms with E-state index < -0.39 is 0 Å². The Morgan fingerprint density at radius 2 is 2.36 bits per heavy atom. The maximum absolute atomic E-state index is 8.56. The Labute approximate surface area is 85.6 Å². The highest BCUT2D eigenvalue weighted by Gasteiger charge is 2.28. The molecule has 0 saturated carbocycles. The van der Waals surface area contributed by atoms with Crippen molar-refractivity contribution in [2.75, 3.05) is 32.9 Å². The Bertz CT molecular complexity index is 161. The molecule has 1 fully saturated rings. The number of rotatable bonds is 5. The van der Waals surface area contributed by atoms with Gasteiger partial charge in [-0.25, -0.2) is 0 Å². The molecule has 0 aromatic carbocycles. The first-order valence-corrected chi connectivity index (χ1v) is 5.21. The highest BCUT2D eigenvalue weighted by molar-refractivity contribution is 4.81. The van der Waals surface area contributed by atoms with Crippen molar-refractivity contribution >= 4 is 0 Å². The average Bonchev–Trinajstić information content (AvgIpc) is 2.11. The number of morpholine rings is 1. The zero-order valence-corrected chi connectivity index (χ0v) is 9.08. The maximum Gasteiger partial charge on any atom is 0.0940 e. The van der Waals surface area contributed by atoms with E-state index in [0.717, 1.165) is 13.1 Å². The summed E-state index contributed by atoms with van der Waals surface area (Å²) in [6.45, 7) is 7.28. The predicted octanol–water partition coefficient (Wildman–Crippen LogP) is 0.152. The molecule has 0 aromatic heterocycles. The molecule has 2 N–H and O–H groups in total. The Morgan fingerprint density at radius 3 is 3.00 bits per heavy atom. The zero-order valence-electron chi connectivity index (χ0n) is 9.08. The first kappa shape index (κ1) is 11.9. The minimum atomic E-state index is -0.0940. The first-order valence-electron chi connectivity index (χ1n) is 5.21. The number of aliphatic hydroxyl groups excluding tert-OH is 1. The van der Waals surface area contributed by atoms with Gasteiger partial charge in [0.15, 0.2) is 0 Å². The van der Waals surface area contributed by atoms with Crippen molar-refractivity contribution < 1.29 is 14.6 Å². The van der Waals surface area contributed by atoms with E-state index in [1.807, 2.05) is 0 Å². The molecule has 0 radical (unpaired) electrons. The quantitative estimate of drug-likeness (QED) is 0.625. The fraction of sp³-hybridized carbons (Fsp3) is 1.00. The van der Waals surface area contributed by atoms with Gasteiger partial charge >= 0.3 is 0 Å². The van der Waals surface area contributed by atoms with Crippen molar-refractivity contribution in [2.45, 2.75) is 32.0 Å². The van der Waals surface area contributed by atoms with Crippen LogP contribution in [0.1, 0.15) is 20.3 Å². The molecule has 84 valence electrons. The van der Waals surface area contributed by atoms with Crippen LogP contribution in [-0.2, 0) is 9.47 Å². The summed E-state index contributed by atoms with van der Waals surface area (Å²) in [6.07, 6.45) is 0.834. The van der Waals surface area contributed by atoms with Gasteiger partial charge in [-0.2, -0.15) is 0 Å². The maximum atomic E-state index is 8.56. The van der Waals surface area contributed by atoms with Crippen molar-refractivity contribution in [1.29, 1.82) is 0 Å². The second-order valence-electron chi connectivity index (χ2n) is 4.28. The Morgan fingerprint density at radius 1 is 1.57 bits per heavy atom. The van der Waals surface area contributed by atoms with E-state index in [4.69, 9.17) is 14.6 Å². The SMILES string of the molecule is CC1(C)CNCC(COCCCO)O1. The third-order valence-electron chi connectivity index (χ3n) is 2.16. The molecule has 0 spiro atoms.